The van der Waals surface area contributed by atoms with Gasteiger partial charge in [0.05, 0.1) is 30.0 Å². The molecule has 0 radical (unpaired) electrons. The van der Waals surface area contributed by atoms with Crippen LogP contribution < -0.4 is 15.0 Å². The van der Waals surface area contributed by atoms with Gasteiger partial charge in [-0.15, -0.1) is 0 Å². The Bertz CT molecular complexity index is 972. The summed E-state index contributed by atoms with van der Waals surface area (Å²) in [6.07, 6.45) is 0. The minimum Gasteiger partial charge on any atom is -0.497 e. The quantitative estimate of drug-likeness (QED) is 0.451. The number of nitrogens with one attached hydrogen (secondary N) is 1. The van der Waals surface area contributed by atoms with Crippen LogP contribution in [0.15, 0.2) is 42.5 Å². The van der Waals surface area contributed by atoms with Crippen molar-refractivity contribution in [2.24, 2.45) is 0 Å². The van der Waals surface area contributed by atoms with Crippen LogP contribution >= 0.6 is 0 Å². The van der Waals surface area contributed by atoms with Crippen molar-refractivity contribution in [3.63, 3.8) is 0 Å². The third-order valence-electron chi connectivity index (χ3n) is 4.59. The summed E-state index contributed by atoms with van der Waals surface area (Å²) in [7, 11) is 1.39. The van der Waals surface area contributed by atoms with Crippen molar-refractivity contribution >= 4 is 28.9 Å². The number of nitro groups is 1. The van der Waals surface area contributed by atoms with Gasteiger partial charge in [0.2, 0.25) is 0 Å². The summed E-state index contributed by atoms with van der Waals surface area (Å²) in [4.78, 5) is 37.3. The second kappa shape index (κ2) is 7.78. The van der Waals surface area contributed by atoms with Crippen molar-refractivity contribution < 1.29 is 24.0 Å². The molecular weight excluding hydrogens is 378 g/mol. The molecule has 9 heteroatoms. The van der Waals surface area contributed by atoms with Crippen molar-refractivity contribution in [1.29, 1.82) is 0 Å². The molecule has 1 heterocycles. The van der Waals surface area contributed by atoms with Crippen molar-refractivity contribution in [2.45, 2.75) is 19.4 Å². The number of nitro benzene ring substituents is 1. The van der Waals surface area contributed by atoms with Gasteiger partial charge in [0.25, 0.3) is 11.6 Å². The highest BCUT2D eigenvalue weighted by atomic mass is 16.6. The molecule has 0 spiro atoms. The lowest BCUT2D eigenvalue weighted by molar-refractivity contribution is -0.385. The molecule has 0 aliphatic carbocycles. The molecule has 29 heavy (non-hydrogen) atoms. The molecule has 1 amide bonds. The van der Waals surface area contributed by atoms with E-state index in [1.807, 2.05) is 18.2 Å². The molecule has 1 N–H and O–H groups in total. The molecule has 0 fully saturated rings. The number of methoxy groups -OCH3 is 1. The van der Waals surface area contributed by atoms with Crippen molar-refractivity contribution in [1.82, 2.24) is 0 Å². The average molecular weight is 399 g/mol. The first-order chi connectivity index (χ1) is 13.7. The number of carbonyl (C=O) groups is 2. The number of para-hydroxylation sites is 2. The summed E-state index contributed by atoms with van der Waals surface area (Å²) in [5, 5.41) is 14.4. The first kappa shape index (κ1) is 20.1. The Hall–Kier alpha value is -3.62. The van der Waals surface area contributed by atoms with Gasteiger partial charge in [-0.1, -0.05) is 12.1 Å². The Morgan fingerprint density at radius 1 is 1.24 bits per heavy atom. The van der Waals surface area contributed by atoms with Crippen LogP contribution in [0.5, 0.6) is 5.75 Å². The van der Waals surface area contributed by atoms with E-state index in [9.17, 15) is 19.7 Å². The SMILES string of the molecule is COc1ccc([N+](=O)[O-])c(C(=O)OCCN2C(=O)C(C)(C)Nc3ccccc32)c1. The highest BCUT2D eigenvalue weighted by Crippen LogP contribution is 2.34. The number of fused-ring (bicyclic) bond motifs is 1. The Balaban J connectivity index is 1.76. The molecule has 1 aliphatic rings. The first-order valence-electron chi connectivity index (χ1n) is 8.93. The van der Waals surface area contributed by atoms with Gasteiger partial charge >= 0.3 is 5.97 Å². The van der Waals surface area contributed by atoms with Crippen LogP contribution in [-0.4, -0.2) is 42.6 Å². The first-order valence-corrected chi connectivity index (χ1v) is 8.93. The van der Waals surface area contributed by atoms with Crippen LogP contribution in [0.1, 0.15) is 24.2 Å². The Labute approximate surface area is 167 Å². The molecule has 2 aromatic carbocycles. The number of nitrogens with zero attached hydrogens (tertiary/aromatic N) is 2. The Morgan fingerprint density at radius 3 is 2.66 bits per heavy atom. The van der Waals surface area contributed by atoms with Crippen LogP contribution in [-0.2, 0) is 9.53 Å². The van der Waals surface area contributed by atoms with Gasteiger partial charge in [0.15, 0.2) is 0 Å². The van der Waals surface area contributed by atoms with E-state index in [0.717, 1.165) is 5.69 Å². The molecule has 152 valence electrons. The van der Waals surface area contributed by atoms with Crippen LogP contribution in [0.25, 0.3) is 0 Å². The van der Waals surface area contributed by atoms with Gasteiger partial charge in [0.1, 0.15) is 23.5 Å². The van der Waals surface area contributed by atoms with Crippen LogP contribution in [0, 0.1) is 10.1 Å². The highest BCUT2D eigenvalue weighted by Gasteiger charge is 2.38. The second-order valence-corrected chi connectivity index (χ2v) is 7.00. The predicted molar refractivity (Wildman–Crippen MR) is 106 cm³/mol. The van der Waals surface area contributed by atoms with Gasteiger partial charge < -0.3 is 19.7 Å². The monoisotopic (exact) mass is 399 g/mol. The molecule has 0 atom stereocenters. The van der Waals surface area contributed by atoms with Crippen LogP contribution in [0.2, 0.25) is 0 Å². The molecule has 0 saturated carbocycles. The fourth-order valence-electron chi connectivity index (χ4n) is 3.15. The number of carbonyl (C=O) groups excluding carboxylic acids is 2. The lowest BCUT2D eigenvalue weighted by Crippen LogP contribution is -2.54. The van der Waals surface area contributed by atoms with Crippen LogP contribution in [0.4, 0.5) is 17.1 Å². The lowest BCUT2D eigenvalue weighted by atomic mass is 9.98. The summed E-state index contributed by atoms with van der Waals surface area (Å²) in [5.74, 6) is -0.721. The number of amides is 1. The Kier molecular flexibility index (Phi) is 5.40. The van der Waals surface area contributed by atoms with E-state index >= 15 is 0 Å². The summed E-state index contributed by atoms with van der Waals surface area (Å²) in [6, 6.07) is 11.2. The number of benzene rings is 2. The number of rotatable bonds is 6. The van der Waals surface area contributed by atoms with Gasteiger partial charge in [0, 0.05) is 12.1 Å². The summed E-state index contributed by atoms with van der Waals surface area (Å²) in [6.45, 7) is 3.53. The number of ether oxygens (including phenoxy) is 2. The van der Waals surface area contributed by atoms with Crippen molar-refractivity contribution in [3.05, 3.63) is 58.1 Å². The van der Waals surface area contributed by atoms with Crippen molar-refractivity contribution in [2.75, 3.05) is 30.5 Å². The summed E-state index contributed by atoms with van der Waals surface area (Å²) >= 11 is 0. The maximum Gasteiger partial charge on any atom is 0.345 e. The van der Waals surface area contributed by atoms with E-state index in [4.69, 9.17) is 9.47 Å². The molecule has 0 saturated heterocycles. The van der Waals surface area contributed by atoms with E-state index < -0.39 is 16.4 Å². The zero-order valence-corrected chi connectivity index (χ0v) is 16.3. The summed E-state index contributed by atoms with van der Waals surface area (Å²) < 4.78 is 10.3. The Morgan fingerprint density at radius 2 is 1.97 bits per heavy atom. The topological polar surface area (TPSA) is 111 Å². The molecule has 0 aromatic heterocycles. The maximum absolute atomic E-state index is 12.8. The number of anilines is 2. The predicted octanol–water partition coefficient (Wildman–Crippen LogP) is 3.00. The van der Waals surface area contributed by atoms with Gasteiger partial charge in [-0.25, -0.2) is 4.79 Å². The zero-order chi connectivity index (χ0) is 21.2. The zero-order valence-electron chi connectivity index (χ0n) is 16.3. The van der Waals surface area contributed by atoms with Gasteiger partial charge in [-0.2, -0.15) is 0 Å². The molecular formula is C20H21N3O6. The molecule has 0 unspecified atom stereocenters. The molecule has 3 rings (SSSR count). The third kappa shape index (κ3) is 3.98. The molecule has 1 aliphatic heterocycles. The number of hydrogen-bond donors (Lipinski definition) is 1. The fourth-order valence-corrected chi connectivity index (χ4v) is 3.15. The number of esters is 1. The molecule has 9 nitrogen and oxygen atoms in total. The van der Waals surface area contributed by atoms with E-state index in [1.165, 1.54) is 25.3 Å². The van der Waals surface area contributed by atoms with E-state index in [0.29, 0.717) is 11.4 Å². The number of hydrogen-bond acceptors (Lipinski definition) is 7. The smallest absolute Gasteiger partial charge is 0.345 e. The average Bonchev–Trinajstić information content (AvgIpc) is 2.69. The fraction of sp³-hybridized carbons (Fsp3) is 0.300. The second-order valence-electron chi connectivity index (χ2n) is 7.00. The van der Waals surface area contributed by atoms with E-state index in [2.05, 4.69) is 5.32 Å². The van der Waals surface area contributed by atoms with E-state index in [1.54, 1.807) is 24.8 Å². The lowest BCUT2D eigenvalue weighted by Gasteiger charge is -2.39. The standard InChI is InChI=1S/C20H21N3O6/c1-20(2)19(25)22(17-7-5-4-6-15(17)21-20)10-11-29-18(24)14-12-13(28-3)8-9-16(14)23(26)27/h4-9,12,21H,10-11H2,1-3H3. The van der Waals surface area contributed by atoms with Crippen molar-refractivity contribution in [3.8, 4) is 5.75 Å². The minimum atomic E-state index is -0.856. The molecule has 2 aromatic rings. The summed E-state index contributed by atoms with van der Waals surface area (Å²) in [5.41, 5.74) is 0.0820. The van der Waals surface area contributed by atoms with Gasteiger partial charge in [-0.05, 0) is 32.0 Å². The largest absolute Gasteiger partial charge is 0.497 e. The highest BCUT2D eigenvalue weighted by molar-refractivity contribution is 6.07. The normalized spacial score (nSPS) is 14.6. The van der Waals surface area contributed by atoms with Gasteiger partial charge in [-0.3, -0.25) is 14.9 Å². The minimum absolute atomic E-state index is 0.116. The third-order valence-corrected chi connectivity index (χ3v) is 4.59. The van der Waals surface area contributed by atoms with Crippen LogP contribution in [0.3, 0.4) is 0 Å². The van der Waals surface area contributed by atoms with E-state index in [-0.39, 0.29) is 30.3 Å². The maximum atomic E-state index is 12.8. The molecule has 0 bridgehead atoms.